The summed E-state index contributed by atoms with van der Waals surface area (Å²) < 4.78 is 2.14. The third kappa shape index (κ3) is 7.65. The van der Waals surface area contributed by atoms with Gasteiger partial charge in [-0.2, -0.15) is 4.98 Å². The fraction of sp³-hybridized carbons (Fsp3) is 0.512. The maximum atomic E-state index is 13.1. The molecule has 4 aromatic rings. The van der Waals surface area contributed by atoms with Gasteiger partial charge in [0.05, 0.1) is 5.92 Å². The predicted octanol–water partition coefficient (Wildman–Crippen LogP) is 6.00. The third-order valence-corrected chi connectivity index (χ3v) is 12.0. The van der Waals surface area contributed by atoms with Gasteiger partial charge in [-0.25, -0.2) is 9.97 Å². The second-order valence-electron chi connectivity index (χ2n) is 15.7. The molecule has 1 atom stereocenters. The van der Waals surface area contributed by atoms with Gasteiger partial charge in [-0.3, -0.25) is 19.7 Å². The Morgan fingerprint density at radius 3 is 2.28 bits per heavy atom. The van der Waals surface area contributed by atoms with E-state index in [0.717, 1.165) is 75.0 Å². The summed E-state index contributed by atoms with van der Waals surface area (Å²) >= 11 is 0. The topological polar surface area (TPSA) is 129 Å². The van der Waals surface area contributed by atoms with Crippen molar-refractivity contribution in [1.29, 1.82) is 0 Å². The van der Waals surface area contributed by atoms with Gasteiger partial charge in [0.2, 0.25) is 17.8 Å². The number of carbonyl (C=O) groups excluding carboxylic acids is 3. The number of piperidine rings is 3. The van der Waals surface area contributed by atoms with Crippen LogP contribution in [-0.2, 0) is 9.59 Å². The predicted molar refractivity (Wildman–Crippen MR) is 205 cm³/mol. The number of pyridine rings is 1. The van der Waals surface area contributed by atoms with Crippen molar-refractivity contribution in [1.82, 2.24) is 34.6 Å². The van der Waals surface area contributed by atoms with Crippen molar-refractivity contribution in [3.8, 4) is 0 Å². The molecular formula is C41H51N9O3. The highest BCUT2D eigenvalue weighted by molar-refractivity contribution is 6.01. The molecule has 53 heavy (non-hydrogen) atoms. The number of likely N-dealkylation sites (tertiary alicyclic amines) is 1. The van der Waals surface area contributed by atoms with Crippen LogP contribution in [0.2, 0.25) is 0 Å². The normalized spacial score (nSPS) is 20.9. The molecule has 0 bridgehead atoms. The Kier molecular flexibility index (Phi) is 10.1. The molecule has 12 nitrogen and oxygen atoms in total. The van der Waals surface area contributed by atoms with Gasteiger partial charge in [-0.05, 0) is 105 Å². The maximum absolute atomic E-state index is 13.1. The van der Waals surface area contributed by atoms with Crippen molar-refractivity contribution in [2.75, 3.05) is 57.0 Å². The van der Waals surface area contributed by atoms with Crippen molar-refractivity contribution >= 4 is 46.2 Å². The van der Waals surface area contributed by atoms with Gasteiger partial charge in [-0.1, -0.05) is 31.0 Å². The van der Waals surface area contributed by atoms with Gasteiger partial charge < -0.3 is 24.6 Å². The number of amides is 3. The Bertz CT molecular complexity index is 1940. The number of nitrogens with zero attached hydrogens (tertiary/aromatic N) is 7. The first-order valence-electron chi connectivity index (χ1n) is 19.5. The van der Waals surface area contributed by atoms with Crippen molar-refractivity contribution in [2.45, 2.75) is 82.1 Å². The van der Waals surface area contributed by atoms with Crippen molar-refractivity contribution in [3.05, 3.63) is 71.7 Å². The molecule has 1 aromatic carbocycles. The van der Waals surface area contributed by atoms with Gasteiger partial charge in [0, 0.05) is 69.7 Å². The highest BCUT2D eigenvalue weighted by Gasteiger charge is 2.30. The summed E-state index contributed by atoms with van der Waals surface area (Å²) in [6, 6.07) is 14.8. The van der Waals surface area contributed by atoms with E-state index in [0.29, 0.717) is 42.1 Å². The van der Waals surface area contributed by atoms with Crippen LogP contribution < -0.4 is 15.5 Å². The van der Waals surface area contributed by atoms with E-state index in [-0.39, 0.29) is 29.7 Å². The van der Waals surface area contributed by atoms with Crippen LogP contribution in [0, 0.1) is 5.92 Å². The average molecular weight is 718 g/mol. The summed E-state index contributed by atoms with van der Waals surface area (Å²) in [5, 5.41) is 6.66. The minimum atomic E-state index is -0.233. The molecule has 0 spiro atoms. The number of anilines is 3. The molecular weight excluding hydrogens is 667 g/mol. The minimum absolute atomic E-state index is 0.0117. The molecule has 278 valence electrons. The monoisotopic (exact) mass is 717 g/mol. The first-order valence-corrected chi connectivity index (χ1v) is 19.5. The van der Waals surface area contributed by atoms with Crippen LogP contribution in [0.4, 0.5) is 17.5 Å². The summed E-state index contributed by atoms with van der Waals surface area (Å²) in [4.78, 5) is 57.8. The smallest absolute Gasteiger partial charge is 0.270 e. The lowest BCUT2D eigenvalue weighted by Gasteiger charge is -2.38. The van der Waals surface area contributed by atoms with Gasteiger partial charge in [0.25, 0.3) is 5.91 Å². The van der Waals surface area contributed by atoms with Crippen molar-refractivity contribution in [3.63, 3.8) is 0 Å². The zero-order chi connectivity index (χ0) is 36.5. The van der Waals surface area contributed by atoms with Crippen LogP contribution in [0.25, 0.3) is 11.0 Å². The molecule has 3 aromatic heterocycles. The lowest BCUT2D eigenvalue weighted by atomic mass is 9.89. The number of aromatic nitrogens is 4. The molecule has 3 amide bonds. The number of carbonyl (C=O) groups is 3. The SMILES string of the molecule is CN(C)C(=O)c1cc2cnc(Nc3ccc(C4CCN(CC5CCN(c6ccc(C7CCC(=O)NC7=O)cc6)CC5)CC4)cn3)nc2n1C1CCCC1. The summed E-state index contributed by atoms with van der Waals surface area (Å²) in [6.45, 7) is 5.48. The molecule has 0 radical (unpaired) electrons. The largest absolute Gasteiger partial charge is 0.372 e. The molecule has 6 heterocycles. The second-order valence-corrected chi connectivity index (χ2v) is 15.7. The van der Waals surface area contributed by atoms with Crippen LogP contribution in [0.1, 0.15) is 104 Å². The molecule has 3 aliphatic heterocycles. The van der Waals surface area contributed by atoms with Gasteiger partial charge in [0.1, 0.15) is 17.2 Å². The molecule has 1 unspecified atom stereocenters. The molecule has 2 N–H and O–H groups in total. The number of hydrogen-bond acceptors (Lipinski definition) is 9. The minimum Gasteiger partial charge on any atom is -0.372 e. The van der Waals surface area contributed by atoms with Gasteiger partial charge in [-0.15, -0.1) is 0 Å². The van der Waals surface area contributed by atoms with Crippen LogP contribution >= 0.6 is 0 Å². The standard InChI is InChI=1S/C41H51N9O3/c1-47(2)40(53)35-23-31-25-43-41(46-38(31)50(35)33-5-3-4-6-33)44-36-13-9-30(24-42-36)28-17-19-48(20-18-28)26-27-15-21-49(22-16-27)32-10-7-29(8-11-32)34-12-14-37(51)45-39(34)52/h7-11,13,23-25,27-28,33-34H,3-6,12,14-22,26H2,1-2H3,(H,45,51,52)(H,42,43,44,46). The van der Waals surface area contributed by atoms with Gasteiger partial charge >= 0.3 is 0 Å². The highest BCUT2D eigenvalue weighted by Crippen LogP contribution is 2.36. The number of fused-ring (bicyclic) bond motifs is 1. The number of nitrogens with one attached hydrogen (secondary N) is 2. The quantitative estimate of drug-likeness (QED) is 0.200. The second kappa shape index (κ2) is 15.3. The molecule has 12 heteroatoms. The Labute approximate surface area is 311 Å². The number of imide groups is 1. The molecule has 4 aliphatic rings. The zero-order valence-corrected chi connectivity index (χ0v) is 31.0. The van der Waals surface area contributed by atoms with Crippen LogP contribution in [0.3, 0.4) is 0 Å². The first kappa shape index (κ1) is 35.2. The Balaban J connectivity index is 0.815. The molecule has 3 saturated heterocycles. The van der Waals surface area contributed by atoms with E-state index in [1.54, 1.807) is 25.2 Å². The van der Waals surface area contributed by atoms with E-state index in [9.17, 15) is 14.4 Å². The fourth-order valence-electron chi connectivity index (χ4n) is 8.95. The molecule has 1 saturated carbocycles. The lowest BCUT2D eigenvalue weighted by Crippen LogP contribution is -2.41. The Morgan fingerprint density at radius 1 is 0.868 bits per heavy atom. The highest BCUT2D eigenvalue weighted by atomic mass is 16.2. The third-order valence-electron chi connectivity index (χ3n) is 12.0. The Hall–Kier alpha value is -4.84. The van der Waals surface area contributed by atoms with Crippen LogP contribution in [0.15, 0.2) is 54.9 Å². The number of benzene rings is 1. The van der Waals surface area contributed by atoms with E-state index < -0.39 is 0 Å². The summed E-state index contributed by atoms with van der Waals surface area (Å²) in [6.07, 6.45) is 13.9. The number of hydrogen-bond donors (Lipinski definition) is 2. The molecule has 4 fully saturated rings. The zero-order valence-electron chi connectivity index (χ0n) is 31.0. The Morgan fingerprint density at radius 2 is 1.60 bits per heavy atom. The molecule has 1 aliphatic carbocycles. The maximum Gasteiger partial charge on any atom is 0.270 e. The van der Waals surface area contributed by atoms with Crippen molar-refractivity contribution < 1.29 is 14.4 Å². The lowest BCUT2D eigenvalue weighted by molar-refractivity contribution is -0.134. The van der Waals surface area contributed by atoms with Crippen LogP contribution in [0.5, 0.6) is 0 Å². The van der Waals surface area contributed by atoms with Crippen LogP contribution in [-0.4, -0.2) is 93.9 Å². The van der Waals surface area contributed by atoms with E-state index in [2.05, 4.69) is 60.3 Å². The van der Waals surface area contributed by atoms with Gasteiger partial charge in [0.15, 0.2) is 0 Å². The van der Waals surface area contributed by atoms with Crippen molar-refractivity contribution in [2.24, 2.45) is 5.92 Å². The summed E-state index contributed by atoms with van der Waals surface area (Å²) in [5.41, 5.74) is 4.96. The fourth-order valence-corrected chi connectivity index (χ4v) is 8.95. The average Bonchev–Trinajstić information content (AvgIpc) is 3.84. The van der Waals surface area contributed by atoms with E-state index in [1.165, 1.54) is 36.9 Å². The van der Waals surface area contributed by atoms with E-state index in [1.807, 2.05) is 18.3 Å². The number of rotatable bonds is 9. The first-order chi connectivity index (χ1) is 25.8. The van der Waals surface area contributed by atoms with E-state index in [4.69, 9.17) is 9.97 Å². The summed E-state index contributed by atoms with van der Waals surface area (Å²) in [5.74, 6) is 1.82. The summed E-state index contributed by atoms with van der Waals surface area (Å²) in [7, 11) is 3.58. The molecule has 8 rings (SSSR count). The van der Waals surface area contributed by atoms with E-state index >= 15 is 0 Å².